The Morgan fingerprint density at radius 1 is 0.276 bits per heavy atom. The minimum atomic E-state index is -0.797. The summed E-state index contributed by atoms with van der Waals surface area (Å²) in [5.74, 6) is -0.922. The fourth-order valence-corrected chi connectivity index (χ4v) is 9.33. The van der Waals surface area contributed by atoms with Gasteiger partial charge in [-0.3, -0.25) is 14.4 Å². The van der Waals surface area contributed by atoms with E-state index >= 15 is 0 Å². The molecule has 0 N–H and O–H groups in total. The first kappa shape index (κ1) is 72.6. The van der Waals surface area contributed by atoms with E-state index in [1.165, 1.54) is 161 Å². The molecule has 0 aliphatic heterocycles. The van der Waals surface area contributed by atoms with Crippen molar-refractivity contribution in [3.8, 4) is 0 Å². The summed E-state index contributed by atoms with van der Waals surface area (Å²) in [6, 6.07) is 0. The van der Waals surface area contributed by atoms with Crippen LogP contribution in [0.3, 0.4) is 0 Å². The van der Waals surface area contributed by atoms with Gasteiger partial charge in [-0.05, 0) is 89.9 Å². The first-order valence-electron chi connectivity index (χ1n) is 32.6. The van der Waals surface area contributed by atoms with Crippen molar-refractivity contribution in [1.82, 2.24) is 0 Å². The summed E-state index contributed by atoms with van der Waals surface area (Å²) in [4.78, 5) is 38.3. The third-order valence-corrected chi connectivity index (χ3v) is 14.1. The molecule has 0 spiro atoms. The summed E-state index contributed by atoms with van der Waals surface area (Å²) in [7, 11) is 0. The molecule has 0 aromatic rings. The molecule has 0 amide bonds. The molecule has 76 heavy (non-hydrogen) atoms. The van der Waals surface area contributed by atoms with Gasteiger partial charge in [0.25, 0.3) is 0 Å². The van der Waals surface area contributed by atoms with Gasteiger partial charge in [0.15, 0.2) is 6.10 Å². The van der Waals surface area contributed by atoms with Crippen LogP contribution in [0.2, 0.25) is 0 Å². The Kier molecular flexibility index (Phi) is 61.2. The van der Waals surface area contributed by atoms with Crippen LogP contribution in [0.25, 0.3) is 0 Å². The molecule has 0 heterocycles. The third-order valence-electron chi connectivity index (χ3n) is 14.1. The third kappa shape index (κ3) is 61.4. The number of ether oxygens (including phenoxy) is 3. The molecule has 0 fully saturated rings. The Hall–Kier alpha value is -3.41. The van der Waals surface area contributed by atoms with Gasteiger partial charge in [-0.25, -0.2) is 0 Å². The van der Waals surface area contributed by atoms with Crippen LogP contribution in [-0.4, -0.2) is 37.2 Å². The monoisotopic (exact) mass is 1060 g/mol. The van der Waals surface area contributed by atoms with Crippen molar-refractivity contribution in [2.45, 2.75) is 329 Å². The maximum atomic E-state index is 12.9. The van der Waals surface area contributed by atoms with Gasteiger partial charge in [-0.1, -0.05) is 298 Å². The molecule has 1 unspecified atom stereocenters. The van der Waals surface area contributed by atoms with E-state index in [1.54, 1.807) is 0 Å². The lowest BCUT2D eigenvalue weighted by molar-refractivity contribution is -0.167. The van der Waals surface area contributed by atoms with Gasteiger partial charge in [-0.2, -0.15) is 0 Å². The average Bonchev–Trinajstić information content (AvgIpc) is 3.42. The molecule has 0 aromatic heterocycles. The van der Waals surface area contributed by atoms with Gasteiger partial charge in [0.1, 0.15) is 13.2 Å². The fourth-order valence-electron chi connectivity index (χ4n) is 9.33. The zero-order valence-corrected chi connectivity index (χ0v) is 50.3. The number of carbonyl (C=O) groups excluding carboxylic acids is 3. The SMILES string of the molecule is CC/C=C\C/C=C\C/C=C\C/C=C\CCCCCCCCC(=O)OC(COC(=O)CCCCC/C=C\C/C=C\C/C=C\CC)COC(=O)CCCCCCCCCCCCCCCCCCCCCCCCCCCC. The van der Waals surface area contributed by atoms with E-state index in [9.17, 15) is 14.4 Å². The summed E-state index contributed by atoms with van der Waals surface area (Å²) in [6.07, 6.45) is 84.7. The molecule has 0 saturated carbocycles. The summed E-state index contributed by atoms with van der Waals surface area (Å²) in [6.45, 7) is 6.41. The van der Waals surface area contributed by atoms with Gasteiger partial charge >= 0.3 is 17.9 Å². The van der Waals surface area contributed by atoms with E-state index in [-0.39, 0.29) is 31.1 Å². The smallest absolute Gasteiger partial charge is 0.306 e. The first-order valence-corrected chi connectivity index (χ1v) is 32.6. The lowest BCUT2D eigenvalue weighted by Crippen LogP contribution is -2.30. The highest BCUT2D eigenvalue weighted by atomic mass is 16.6. The lowest BCUT2D eigenvalue weighted by atomic mass is 10.0. The van der Waals surface area contributed by atoms with Gasteiger partial charge < -0.3 is 14.2 Å². The van der Waals surface area contributed by atoms with Crippen molar-refractivity contribution in [3.63, 3.8) is 0 Å². The molecule has 0 bridgehead atoms. The van der Waals surface area contributed by atoms with Crippen molar-refractivity contribution < 1.29 is 28.6 Å². The molecule has 0 aromatic carbocycles. The molecular formula is C70H122O6. The number of hydrogen-bond acceptors (Lipinski definition) is 6. The number of rotatable bonds is 59. The van der Waals surface area contributed by atoms with Gasteiger partial charge in [0, 0.05) is 19.3 Å². The molecule has 1 atom stereocenters. The molecule has 6 nitrogen and oxygen atoms in total. The largest absolute Gasteiger partial charge is 0.462 e. The van der Waals surface area contributed by atoms with Gasteiger partial charge in [0.05, 0.1) is 0 Å². The summed E-state index contributed by atoms with van der Waals surface area (Å²) in [5.41, 5.74) is 0. The Bertz CT molecular complexity index is 1450. The Balaban J connectivity index is 4.29. The minimum Gasteiger partial charge on any atom is -0.462 e. The van der Waals surface area contributed by atoms with Crippen LogP contribution in [0.1, 0.15) is 323 Å². The normalized spacial score (nSPS) is 12.6. The van der Waals surface area contributed by atoms with Crippen molar-refractivity contribution in [3.05, 3.63) is 85.1 Å². The van der Waals surface area contributed by atoms with Crippen molar-refractivity contribution in [1.29, 1.82) is 0 Å². The van der Waals surface area contributed by atoms with E-state index < -0.39 is 6.10 Å². The highest BCUT2D eigenvalue weighted by Crippen LogP contribution is 2.17. The number of allylic oxidation sites excluding steroid dienone is 14. The highest BCUT2D eigenvalue weighted by molar-refractivity contribution is 5.71. The second-order valence-electron chi connectivity index (χ2n) is 21.6. The van der Waals surface area contributed by atoms with Crippen molar-refractivity contribution >= 4 is 17.9 Å². The molecule has 438 valence electrons. The van der Waals surface area contributed by atoms with Crippen LogP contribution in [-0.2, 0) is 28.6 Å². The minimum absolute atomic E-state index is 0.0897. The molecule has 0 saturated heterocycles. The molecule has 0 aliphatic rings. The van der Waals surface area contributed by atoms with Crippen LogP contribution in [0.15, 0.2) is 85.1 Å². The Labute approximate surface area is 471 Å². The number of esters is 3. The van der Waals surface area contributed by atoms with Gasteiger partial charge in [-0.15, -0.1) is 0 Å². The zero-order valence-electron chi connectivity index (χ0n) is 50.3. The number of carbonyl (C=O) groups is 3. The fraction of sp³-hybridized carbons (Fsp3) is 0.757. The van der Waals surface area contributed by atoms with E-state index in [1.807, 2.05) is 0 Å². The summed E-state index contributed by atoms with van der Waals surface area (Å²) in [5, 5.41) is 0. The molecule has 0 radical (unpaired) electrons. The molecule has 0 aliphatic carbocycles. The summed E-state index contributed by atoms with van der Waals surface area (Å²) >= 11 is 0. The number of hydrogen-bond donors (Lipinski definition) is 0. The first-order chi connectivity index (χ1) is 37.5. The van der Waals surface area contributed by atoms with E-state index in [0.717, 1.165) is 122 Å². The van der Waals surface area contributed by atoms with Crippen LogP contribution in [0.4, 0.5) is 0 Å². The van der Waals surface area contributed by atoms with Crippen LogP contribution >= 0.6 is 0 Å². The molecule has 6 heteroatoms. The van der Waals surface area contributed by atoms with Crippen molar-refractivity contribution in [2.24, 2.45) is 0 Å². The van der Waals surface area contributed by atoms with E-state index in [2.05, 4.69) is 106 Å². The lowest BCUT2D eigenvalue weighted by Gasteiger charge is -2.18. The van der Waals surface area contributed by atoms with Gasteiger partial charge in [0.2, 0.25) is 0 Å². The van der Waals surface area contributed by atoms with Crippen LogP contribution < -0.4 is 0 Å². The Morgan fingerprint density at radius 3 is 0.816 bits per heavy atom. The highest BCUT2D eigenvalue weighted by Gasteiger charge is 2.19. The van der Waals surface area contributed by atoms with Crippen molar-refractivity contribution in [2.75, 3.05) is 13.2 Å². The zero-order chi connectivity index (χ0) is 55.0. The second kappa shape index (κ2) is 64.1. The second-order valence-corrected chi connectivity index (χ2v) is 21.6. The molecule has 0 rings (SSSR count). The summed E-state index contributed by atoms with van der Waals surface area (Å²) < 4.78 is 16.9. The topological polar surface area (TPSA) is 78.9 Å². The predicted molar refractivity (Wildman–Crippen MR) is 330 cm³/mol. The average molecular weight is 1060 g/mol. The Morgan fingerprint density at radius 2 is 0.513 bits per heavy atom. The van der Waals surface area contributed by atoms with Crippen LogP contribution in [0.5, 0.6) is 0 Å². The molecular weight excluding hydrogens is 937 g/mol. The maximum absolute atomic E-state index is 12.9. The number of unbranched alkanes of at least 4 members (excludes halogenated alkanes) is 34. The maximum Gasteiger partial charge on any atom is 0.306 e. The standard InChI is InChI=1S/C70H122O6/c1-4-7-10-13-16-19-22-25-27-29-31-32-33-34-35-36-37-39-40-42-45-48-51-54-57-60-63-69(72)75-66-67(65-74-68(71)62-59-56-53-50-47-44-24-21-18-15-12-9-6-3)76-70(73)64-61-58-55-52-49-46-43-41-38-30-28-26-23-20-17-14-11-8-5-2/h8-9,11-12,17-18,20-21,26,28,38,41,44,47,67H,4-7,10,13-16,19,22-25,27,29-37,39-40,42-43,45-46,48-66H2,1-3H3/b11-8-,12-9-,20-17-,21-18-,28-26-,41-38-,47-44-. The predicted octanol–water partition coefficient (Wildman–Crippen LogP) is 22.3. The van der Waals surface area contributed by atoms with E-state index in [4.69, 9.17) is 14.2 Å². The quantitative estimate of drug-likeness (QED) is 0.0261. The van der Waals surface area contributed by atoms with Crippen LogP contribution in [0, 0.1) is 0 Å². The van der Waals surface area contributed by atoms with E-state index in [0.29, 0.717) is 19.3 Å².